The van der Waals surface area contributed by atoms with Crippen molar-refractivity contribution in [2.24, 2.45) is 4.99 Å². The number of hydrogen-bond acceptors (Lipinski definition) is 5. The molecule has 0 aliphatic rings. The predicted octanol–water partition coefficient (Wildman–Crippen LogP) is 4.04. The summed E-state index contributed by atoms with van der Waals surface area (Å²) in [6.45, 7) is 0.523. The molecule has 0 aliphatic heterocycles. The first-order valence-electron chi connectivity index (χ1n) is 8.04. The maximum atomic E-state index is 12.5. The van der Waals surface area contributed by atoms with Crippen LogP contribution in [-0.2, 0) is 6.54 Å². The zero-order chi connectivity index (χ0) is 18.6. The van der Waals surface area contributed by atoms with E-state index in [2.05, 4.69) is 15.1 Å². The summed E-state index contributed by atoms with van der Waals surface area (Å²) in [6, 6.07) is 12.8. The standard InChI is InChI=1S/C19H13ClN4O2S/c20-15-6-2-1-4-14(15)12-24-8-9-27-19(24)22-18(25)16-10-17(26-23-16)13-5-3-7-21-11-13/h1-11H,12H2. The fraction of sp³-hybridized carbons (Fsp3) is 0.0526. The maximum absolute atomic E-state index is 12.5. The van der Waals surface area contributed by atoms with Crippen LogP contribution in [0.2, 0.25) is 5.02 Å². The SMILES string of the molecule is O=C(N=c1sccn1Cc1ccccc1Cl)c1cc(-c2cccnc2)on1. The van der Waals surface area contributed by atoms with Gasteiger partial charge in [0.15, 0.2) is 16.3 Å². The van der Waals surface area contributed by atoms with Crippen molar-refractivity contribution in [1.29, 1.82) is 0 Å². The van der Waals surface area contributed by atoms with Gasteiger partial charge in [0.25, 0.3) is 0 Å². The molecule has 3 heterocycles. The van der Waals surface area contributed by atoms with E-state index in [0.717, 1.165) is 11.1 Å². The van der Waals surface area contributed by atoms with Crippen LogP contribution < -0.4 is 4.80 Å². The second-order valence-electron chi connectivity index (χ2n) is 5.64. The van der Waals surface area contributed by atoms with Gasteiger partial charge in [-0.2, -0.15) is 4.99 Å². The molecular formula is C19H13ClN4O2S. The Hall–Kier alpha value is -3.03. The lowest BCUT2D eigenvalue weighted by atomic mass is 10.2. The number of carbonyl (C=O) groups excluding carboxylic acids is 1. The van der Waals surface area contributed by atoms with Crippen molar-refractivity contribution in [2.75, 3.05) is 0 Å². The van der Waals surface area contributed by atoms with Crippen molar-refractivity contribution < 1.29 is 9.32 Å². The Morgan fingerprint density at radius 1 is 1.26 bits per heavy atom. The van der Waals surface area contributed by atoms with E-state index < -0.39 is 5.91 Å². The zero-order valence-electron chi connectivity index (χ0n) is 13.9. The van der Waals surface area contributed by atoms with Crippen molar-refractivity contribution in [1.82, 2.24) is 14.7 Å². The first-order valence-corrected chi connectivity index (χ1v) is 9.30. The Kier molecular flexibility index (Phi) is 4.95. The summed E-state index contributed by atoms with van der Waals surface area (Å²) in [5, 5.41) is 6.37. The van der Waals surface area contributed by atoms with E-state index in [1.807, 2.05) is 46.5 Å². The molecule has 4 rings (SSSR count). The smallest absolute Gasteiger partial charge is 0.301 e. The minimum Gasteiger partial charge on any atom is -0.355 e. The van der Waals surface area contributed by atoms with Gasteiger partial charge in [-0.3, -0.25) is 9.78 Å². The average molecular weight is 397 g/mol. The number of rotatable bonds is 4. The molecule has 27 heavy (non-hydrogen) atoms. The molecule has 4 aromatic rings. The lowest BCUT2D eigenvalue weighted by Crippen LogP contribution is -2.17. The van der Waals surface area contributed by atoms with Crippen LogP contribution in [0.4, 0.5) is 0 Å². The third-order valence-electron chi connectivity index (χ3n) is 3.83. The fourth-order valence-electron chi connectivity index (χ4n) is 2.48. The number of pyridine rings is 1. The lowest BCUT2D eigenvalue weighted by molar-refractivity contribution is 0.0989. The number of amides is 1. The molecule has 0 saturated carbocycles. The number of nitrogens with zero attached hydrogens (tertiary/aromatic N) is 4. The van der Waals surface area contributed by atoms with Crippen LogP contribution in [0, 0.1) is 0 Å². The third-order valence-corrected chi connectivity index (χ3v) is 4.99. The normalized spacial score (nSPS) is 11.7. The number of hydrogen-bond donors (Lipinski definition) is 0. The Morgan fingerprint density at radius 2 is 2.15 bits per heavy atom. The van der Waals surface area contributed by atoms with Crippen LogP contribution in [-0.4, -0.2) is 20.6 Å². The van der Waals surface area contributed by atoms with Gasteiger partial charge in [0.1, 0.15) is 0 Å². The molecule has 1 amide bonds. The molecule has 3 aromatic heterocycles. The van der Waals surface area contributed by atoms with Crippen molar-refractivity contribution in [3.63, 3.8) is 0 Å². The van der Waals surface area contributed by atoms with Crippen molar-refractivity contribution in [3.05, 3.63) is 87.5 Å². The third kappa shape index (κ3) is 3.89. The highest BCUT2D eigenvalue weighted by Gasteiger charge is 2.13. The van der Waals surface area contributed by atoms with E-state index in [0.29, 0.717) is 22.1 Å². The van der Waals surface area contributed by atoms with Gasteiger partial charge >= 0.3 is 5.91 Å². The predicted molar refractivity (Wildman–Crippen MR) is 102 cm³/mol. The Labute approximate surface area is 163 Å². The van der Waals surface area contributed by atoms with Crippen LogP contribution in [0.15, 0.2) is 76.0 Å². The molecule has 0 saturated heterocycles. The fourth-order valence-corrected chi connectivity index (χ4v) is 3.40. The van der Waals surface area contributed by atoms with Crippen molar-refractivity contribution in [3.8, 4) is 11.3 Å². The monoisotopic (exact) mass is 396 g/mol. The molecule has 0 atom stereocenters. The Balaban J connectivity index is 1.60. The van der Waals surface area contributed by atoms with Crippen molar-refractivity contribution in [2.45, 2.75) is 6.54 Å². The number of halogens is 1. The highest BCUT2D eigenvalue weighted by molar-refractivity contribution is 7.07. The second-order valence-corrected chi connectivity index (χ2v) is 6.92. The Morgan fingerprint density at radius 3 is 2.96 bits per heavy atom. The van der Waals surface area contributed by atoms with Gasteiger partial charge in [0.2, 0.25) is 0 Å². The quantitative estimate of drug-likeness (QED) is 0.521. The van der Waals surface area contributed by atoms with E-state index in [1.165, 1.54) is 11.3 Å². The van der Waals surface area contributed by atoms with E-state index in [4.69, 9.17) is 16.1 Å². The number of benzene rings is 1. The molecule has 0 N–H and O–H groups in total. The molecule has 0 unspecified atom stereocenters. The first kappa shape index (κ1) is 17.4. The van der Waals surface area contributed by atoms with Crippen LogP contribution in [0.1, 0.15) is 16.1 Å². The maximum Gasteiger partial charge on any atom is 0.301 e. The Bertz CT molecular complexity index is 1150. The summed E-state index contributed by atoms with van der Waals surface area (Å²) in [7, 11) is 0. The number of aromatic nitrogens is 3. The van der Waals surface area contributed by atoms with E-state index in [1.54, 1.807) is 24.5 Å². The number of thiazole rings is 1. The molecule has 0 bridgehead atoms. The van der Waals surface area contributed by atoms with Gasteiger partial charge in [0, 0.05) is 40.6 Å². The van der Waals surface area contributed by atoms with Crippen LogP contribution in [0.25, 0.3) is 11.3 Å². The molecule has 134 valence electrons. The van der Waals surface area contributed by atoms with Crippen LogP contribution in [0.3, 0.4) is 0 Å². The average Bonchev–Trinajstić information content (AvgIpc) is 3.34. The van der Waals surface area contributed by atoms with Gasteiger partial charge in [-0.15, -0.1) is 11.3 Å². The van der Waals surface area contributed by atoms with Crippen LogP contribution in [0.5, 0.6) is 0 Å². The van der Waals surface area contributed by atoms with Gasteiger partial charge in [-0.25, -0.2) is 0 Å². The second kappa shape index (κ2) is 7.69. The molecule has 6 nitrogen and oxygen atoms in total. The summed E-state index contributed by atoms with van der Waals surface area (Å²) in [4.78, 5) is 21.3. The van der Waals surface area contributed by atoms with Gasteiger partial charge < -0.3 is 9.09 Å². The minimum atomic E-state index is -0.468. The first-order chi connectivity index (χ1) is 13.2. The highest BCUT2D eigenvalue weighted by atomic mass is 35.5. The summed E-state index contributed by atoms with van der Waals surface area (Å²) >= 11 is 7.59. The molecule has 0 spiro atoms. The van der Waals surface area contributed by atoms with E-state index >= 15 is 0 Å². The molecule has 0 radical (unpaired) electrons. The molecular weight excluding hydrogens is 384 g/mol. The van der Waals surface area contributed by atoms with Crippen LogP contribution >= 0.6 is 22.9 Å². The molecule has 0 aliphatic carbocycles. The van der Waals surface area contributed by atoms with E-state index in [9.17, 15) is 4.79 Å². The van der Waals surface area contributed by atoms with E-state index in [-0.39, 0.29) is 5.69 Å². The topological polar surface area (TPSA) is 73.3 Å². The zero-order valence-corrected chi connectivity index (χ0v) is 15.5. The number of carbonyl (C=O) groups is 1. The molecule has 1 aromatic carbocycles. The summed E-state index contributed by atoms with van der Waals surface area (Å²) < 4.78 is 7.11. The summed E-state index contributed by atoms with van der Waals surface area (Å²) in [6.07, 6.45) is 5.17. The van der Waals surface area contributed by atoms with Gasteiger partial charge in [-0.1, -0.05) is 35.0 Å². The summed E-state index contributed by atoms with van der Waals surface area (Å²) in [5.74, 6) is 0.000947. The minimum absolute atomic E-state index is 0.145. The highest BCUT2D eigenvalue weighted by Crippen LogP contribution is 2.19. The largest absolute Gasteiger partial charge is 0.355 e. The summed E-state index contributed by atoms with van der Waals surface area (Å²) in [5.41, 5.74) is 1.84. The van der Waals surface area contributed by atoms with Gasteiger partial charge in [0.05, 0.1) is 6.54 Å². The van der Waals surface area contributed by atoms with Gasteiger partial charge in [-0.05, 0) is 23.8 Å². The molecule has 0 fully saturated rings. The van der Waals surface area contributed by atoms with Crippen molar-refractivity contribution >= 4 is 28.8 Å². The molecule has 8 heteroatoms. The lowest BCUT2D eigenvalue weighted by Gasteiger charge is -2.05.